The van der Waals surface area contributed by atoms with Gasteiger partial charge in [-0.15, -0.1) is 0 Å². The lowest BCUT2D eigenvalue weighted by molar-refractivity contribution is 0.258. The van der Waals surface area contributed by atoms with Crippen molar-refractivity contribution in [3.63, 3.8) is 0 Å². The molecule has 100 valence electrons. The van der Waals surface area contributed by atoms with Crippen molar-refractivity contribution >= 4 is 0 Å². The van der Waals surface area contributed by atoms with Crippen molar-refractivity contribution in [2.24, 2.45) is 5.92 Å². The third-order valence-electron chi connectivity index (χ3n) is 4.03. The van der Waals surface area contributed by atoms with Gasteiger partial charge >= 0.3 is 0 Å². The van der Waals surface area contributed by atoms with Gasteiger partial charge in [0.05, 0.1) is 6.61 Å². The second-order valence-electron chi connectivity index (χ2n) is 5.39. The smallest absolute Gasteiger partial charge is 0.119 e. The van der Waals surface area contributed by atoms with Gasteiger partial charge in [0.15, 0.2) is 0 Å². The van der Waals surface area contributed by atoms with Crippen LogP contribution in [0.2, 0.25) is 0 Å². The van der Waals surface area contributed by atoms with Crippen LogP contribution >= 0.6 is 0 Å². The van der Waals surface area contributed by atoms with Crippen LogP contribution in [0.3, 0.4) is 0 Å². The summed E-state index contributed by atoms with van der Waals surface area (Å²) in [6, 6.07) is 8.91. The Kier molecular flexibility index (Phi) is 5.06. The number of rotatable bonds is 6. The highest BCUT2D eigenvalue weighted by molar-refractivity contribution is 5.27. The first-order chi connectivity index (χ1) is 8.79. The van der Waals surface area contributed by atoms with Crippen LogP contribution in [0.5, 0.6) is 5.75 Å². The molecule has 1 aromatic carbocycles. The molecule has 1 unspecified atom stereocenters. The van der Waals surface area contributed by atoms with E-state index in [0.717, 1.165) is 24.7 Å². The summed E-state index contributed by atoms with van der Waals surface area (Å²) in [4.78, 5) is 0. The molecule has 0 saturated heterocycles. The molecule has 1 aliphatic rings. The summed E-state index contributed by atoms with van der Waals surface area (Å²) in [6.45, 7) is 2.91. The number of hydrogen-bond donors (Lipinski definition) is 1. The molecule has 0 amide bonds. The van der Waals surface area contributed by atoms with E-state index >= 15 is 0 Å². The fraction of sp³-hybridized carbons (Fsp3) is 0.625. The molecule has 0 bridgehead atoms. The van der Waals surface area contributed by atoms with Crippen LogP contribution in [-0.4, -0.2) is 19.7 Å². The molecule has 2 nitrogen and oxygen atoms in total. The van der Waals surface area contributed by atoms with E-state index in [9.17, 15) is 0 Å². The lowest BCUT2D eigenvalue weighted by Crippen LogP contribution is -2.33. The van der Waals surface area contributed by atoms with Gasteiger partial charge in [0, 0.05) is 6.04 Å². The van der Waals surface area contributed by atoms with Crippen LogP contribution in [0, 0.1) is 12.8 Å². The van der Waals surface area contributed by atoms with E-state index in [-0.39, 0.29) is 0 Å². The van der Waals surface area contributed by atoms with Crippen molar-refractivity contribution < 1.29 is 4.74 Å². The van der Waals surface area contributed by atoms with Crippen molar-refractivity contribution in [3.05, 3.63) is 29.8 Å². The Morgan fingerprint density at radius 3 is 2.78 bits per heavy atom. The van der Waals surface area contributed by atoms with Gasteiger partial charge in [-0.05, 0) is 56.8 Å². The Morgan fingerprint density at radius 2 is 2.11 bits per heavy atom. The Balaban J connectivity index is 1.76. The molecule has 1 N–H and O–H groups in total. The van der Waals surface area contributed by atoms with Crippen LogP contribution in [0.1, 0.15) is 37.7 Å². The maximum absolute atomic E-state index is 5.84. The first kappa shape index (κ1) is 13.4. The third-order valence-corrected chi connectivity index (χ3v) is 4.03. The minimum Gasteiger partial charge on any atom is -0.494 e. The lowest BCUT2D eigenvalue weighted by Gasteiger charge is -2.22. The number of ether oxygens (including phenoxy) is 1. The maximum atomic E-state index is 5.84. The molecular weight excluding hydrogens is 222 g/mol. The minimum absolute atomic E-state index is 0.623. The van der Waals surface area contributed by atoms with E-state index in [4.69, 9.17) is 4.74 Å². The van der Waals surface area contributed by atoms with E-state index in [2.05, 4.69) is 37.5 Å². The molecule has 1 aliphatic carbocycles. The monoisotopic (exact) mass is 247 g/mol. The molecule has 0 radical (unpaired) electrons. The van der Waals surface area contributed by atoms with Crippen molar-refractivity contribution in [3.8, 4) is 5.75 Å². The van der Waals surface area contributed by atoms with Crippen LogP contribution in [-0.2, 0) is 0 Å². The molecule has 18 heavy (non-hydrogen) atoms. The number of hydrogen-bond acceptors (Lipinski definition) is 2. The molecule has 0 heterocycles. The van der Waals surface area contributed by atoms with Crippen molar-refractivity contribution in [1.29, 1.82) is 0 Å². The first-order valence-corrected chi connectivity index (χ1v) is 7.16. The third kappa shape index (κ3) is 3.74. The van der Waals surface area contributed by atoms with E-state index < -0.39 is 0 Å². The summed E-state index contributed by atoms with van der Waals surface area (Å²) >= 11 is 0. The predicted molar refractivity (Wildman–Crippen MR) is 76.1 cm³/mol. The molecule has 1 saturated carbocycles. The summed E-state index contributed by atoms with van der Waals surface area (Å²) in [5.74, 6) is 1.85. The van der Waals surface area contributed by atoms with Crippen molar-refractivity contribution in [2.75, 3.05) is 13.7 Å². The Labute approximate surface area is 111 Å². The van der Waals surface area contributed by atoms with Gasteiger partial charge in [-0.25, -0.2) is 0 Å². The van der Waals surface area contributed by atoms with E-state index in [0.29, 0.717) is 6.04 Å². The first-order valence-electron chi connectivity index (χ1n) is 7.16. The van der Waals surface area contributed by atoms with Gasteiger partial charge < -0.3 is 10.1 Å². The molecular formula is C16H25NO. The van der Waals surface area contributed by atoms with E-state index in [1.54, 1.807) is 0 Å². The minimum atomic E-state index is 0.623. The molecule has 1 aromatic rings. The highest BCUT2D eigenvalue weighted by Crippen LogP contribution is 2.29. The lowest BCUT2D eigenvalue weighted by atomic mass is 9.96. The van der Waals surface area contributed by atoms with Gasteiger partial charge in [-0.1, -0.05) is 25.0 Å². The maximum Gasteiger partial charge on any atom is 0.119 e. The second kappa shape index (κ2) is 6.79. The largest absolute Gasteiger partial charge is 0.494 e. The van der Waals surface area contributed by atoms with Gasteiger partial charge in [0.2, 0.25) is 0 Å². The average molecular weight is 247 g/mol. The Bertz CT molecular complexity index is 358. The van der Waals surface area contributed by atoms with Crippen LogP contribution < -0.4 is 10.1 Å². The number of aryl methyl sites for hydroxylation is 1. The zero-order chi connectivity index (χ0) is 12.8. The molecule has 2 heteroatoms. The van der Waals surface area contributed by atoms with Crippen molar-refractivity contribution in [2.45, 2.75) is 45.1 Å². The molecule has 1 fully saturated rings. The topological polar surface area (TPSA) is 21.3 Å². The molecule has 2 rings (SSSR count). The van der Waals surface area contributed by atoms with Crippen LogP contribution in [0.25, 0.3) is 0 Å². The second-order valence-corrected chi connectivity index (χ2v) is 5.39. The normalized spacial score (nSPS) is 17.9. The summed E-state index contributed by atoms with van der Waals surface area (Å²) in [6.07, 6.45) is 6.68. The van der Waals surface area contributed by atoms with Gasteiger partial charge in [-0.3, -0.25) is 0 Å². The molecule has 0 spiro atoms. The van der Waals surface area contributed by atoms with Gasteiger partial charge in [0.1, 0.15) is 5.75 Å². The zero-order valence-electron chi connectivity index (χ0n) is 11.6. The quantitative estimate of drug-likeness (QED) is 0.830. The standard InChI is InChI=1S/C16H25NO/c1-13-6-5-9-15(12-13)18-11-10-16(17-2)14-7-3-4-8-14/h5-6,9,12,14,16-17H,3-4,7-8,10-11H2,1-2H3. The summed E-state index contributed by atoms with van der Waals surface area (Å²) in [7, 11) is 2.08. The van der Waals surface area contributed by atoms with Gasteiger partial charge in [0.25, 0.3) is 0 Å². The Morgan fingerprint density at radius 1 is 1.33 bits per heavy atom. The molecule has 0 aliphatic heterocycles. The predicted octanol–water partition coefficient (Wildman–Crippen LogP) is 3.54. The summed E-state index contributed by atoms with van der Waals surface area (Å²) in [5, 5.41) is 3.46. The fourth-order valence-corrected chi connectivity index (χ4v) is 2.98. The zero-order valence-corrected chi connectivity index (χ0v) is 11.6. The average Bonchev–Trinajstić information content (AvgIpc) is 2.88. The van der Waals surface area contributed by atoms with Crippen LogP contribution in [0.4, 0.5) is 0 Å². The van der Waals surface area contributed by atoms with Gasteiger partial charge in [-0.2, -0.15) is 0 Å². The SMILES string of the molecule is CNC(CCOc1cccc(C)c1)C1CCCC1. The summed E-state index contributed by atoms with van der Waals surface area (Å²) < 4.78 is 5.84. The Hall–Kier alpha value is -1.02. The van der Waals surface area contributed by atoms with Crippen LogP contribution in [0.15, 0.2) is 24.3 Å². The highest BCUT2D eigenvalue weighted by atomic mass is 16.5. The van der Waals surface area contributed by atoms with E-state index in [1.165, 1.54) is 31.2 Å². The molecule has 1 atom stereocenters. The van der Waals surface area contributed by atoms with Crippen molar-refractivity contribution in [1.82, 2.24) is 5.32 Å². The fourth-order valence-electron chi connectivity index (χ4n) is 2.98. The molecule has 0 aromatic heterocycles. The highest BCUT2D eigenvalue weighted by Gasteiger charge is 2.23. The van der Waals surface area contributed by atoms with E-state index in [1.807, 2.05) is 6.07 Å². The summed E-state index contributed by atoms with van der Waals surface area (Å²) in [5.41, 5.74) is 1.26. The number of benzene rings is 1. The number of nitrogens with one attached hydrogen (secondary N) is 1.